The molecule has 4 rings (SSSR count). The van der Waals surface area contributed by atoms with Gasteiger partial charge >= 0.3 is 0 Å². The Kier molecular flexibility index (Phi) is 4.49. The van der Waals surface area contributed by atoms with Crippen LogP contribution < -0.4 is 21.5 Å². The molecule has 1 aromatic rings. The monoisotopic (exact) mass is 368 g/mol. The van der Waals surface area contributed by atoms with Crippen molar-refractivity contribution in [3.05, 3.63) is 10.4 Å². The normalized spacial score (nSPS) is 34.7. The Bertz CT molecular complexity index is 723. The maximum atomic E-state index is 12.3. The van der Waals surface area contributed by atoms with Gasteiger partial charge < -0.3 is 31.1 Å². The smallest absolute Gasteiger partial charge is 0.277 e. The molecular formula is C15H24N6O5. The van der Waals surface area contributed by atoms with Gasteiger partial charge in [0.25, 0.3) is 5.56 Å². The van der Waals surface area contributed by atoms with Crippen molar-refractivity contribution in [3.63, 3.8) is 0 Å². The largest absolute Gasteiger partial charge is 0.394 e. The molecular weight excluding hydrogens is 344 g/mol. The average Bonchev–Trinajstić information content (AvgIpc) is 3.14. The highest BCUT2D eigenvalue weighted by atomic mass is 16.6. The molecule has 7 N–H and O–H groups in total. The quantitative estimate of drug-likeness (QED) is 0.345. The molecule has 1 aromatic heterocycles. The summed E-state index contributed by atoms with van der Waals surface area (Å²) in [6.07, 6.45) is -1.70. The SMILES string of the molecule is Nc1nc2c(c(=O)[nH]1)N[C@H](N1CCCCC1)N2[C@@H]1O[C@H](CO)[C@H](O)[C@H]1O. The maximum absolute atomic E-state index is 12.3. The number of nitrogens with two attached hydrogens (primary N) is 1. The summed E-state index contributed by atoms with van der Waals surface area (Å²) in [5.41, 5.74) is 5.53. The number of anilines is 3. The summed E-state index contributed by atoms with van der Waals surface area (Å²) >= 11 is 0. The Balaban J connectivity index is 1.74. The van der Waals surface area contributed by atoms with Crippen LogP contribution in [-0.2, 0) is 4.74 Å². The molecule has 11 heteroatoms. The van der Waals surface area contributed by atoms with Gasteiger partial charge in [-0.2, -0.15) is 4.98 Å². The van der Waals surface area contributed by atoms with Crippen molar-refractivity contribution in [2.24, 2.45) is 0 Å². The van der Waals surface area contributed by atoms with E-state index >= 15 is 0 Å². The molecule has 3 aliphatic heterocycles. The van der Waals surface area contributed by atoms with Gasteiger partial charge in [0.15, 0.2) is 18.3 Å². The number of ether oxygens (including phenoxy) is 1. The Hall–Kier alpha value is -1.92. The van der Waals surface area contributed by atoms with Gasteiger partial charge in [-0.05, 0) is 12.8 Å². The van der Waals surface area contributed by atoms with Crippen LogP contribution in [0.15, 0.2) is 4.79 Å². The number of likely N-dealkylation sites (tertiary alicyclic amines) is 1. The number of nitrogens with zero attached hydrogens (tertiary/aromatic N) is 3. The molecule has 0 aliphatic carbocycles. The number of rotatable bonds is 3. The summed E-state index contributed by atoms with van der Waals surface area (Å²) < 4.78 is 5.69. The van der Waals surface area contributed by atoms with Crippen LogP contribution in [0.5, 0.6) is 0 Å². The van der Waals surface area contributed by atoms with Crippen LogP contribution in [0.2, 0.25) is 0 Å². The first kappa shape index (κ1) is 17.5. The zero-order valence-corrected chi connectivity index (χ0v) is 14.2. The van der Waals surface area contributed by atoms with E-state index < -0.39 is 43.0 Å². The van der Waals surface area contributed by atoms with Crippen LogP contribution in [0.4, 0.5) is 17.5 Å². The molecule has 2 saturated heterocycles. The minimum atomic E-state index is -1.27. The highest BCUT2D eigenvalue weighted by Gasteiger charge is 2.51. The summed E-state index contributed by atoms with van der Waals surface area (Å²) in [5, 5.41) is 33.1. The van der Waals surface area contributed by atoms with Gasteiger partial charge in [-0.25, -0.2) is 0 Å². The van der Waals surface area contributed by atoms with E-state index in [2.05, 4.69) is 20.2 Å². The molecule has 2 fully saturated rings. The lowest BCUT2D eigenvalue weighted by atomic mass is 10.1. The van der Waals surface area contributed by atoms with Crippen molar-refractivity contribution in [1.29, 1.82) is 0 Å². The number of nitrogen functional groups attached to an aromatic ring is 1. The third kappa shape index (κ3) is 2.72. The maximum Gasteiger partial charge on any atom is 0.277 e. The van der Waals surface area contributed by atoms with E-state index in [0.717, 1.165) is 32.4 Å². The summed E-state index contributed by atoms with van der Waals surface area (Å²) in [5.74, 6) is 0.211. The number of nitrogens with one attached hydrogen (secondary N) is 2. The third-order valence-electron chi connectivity index (χ3n) is 5.23. The summed E-state index contributed by atoms with van der Waals surface area (Å²) in [4.78, 5) is 22.8. The second-order valence-electron chi connectivity index (χ2n) is 6.90. The molecule has 4 heterocycles. The molecule has 3 aliphatic rings. The Morgan fingerprint density at radius 2 is 1.96 bits per heavy atom. The van der Waals surface area contributed by atoms with Gasteiger partial charge in [-0.15, -0.1) is 0 Å². The van der Waals surface area contributed by atoms with E-state index in [1.807, 2.05) is 0 Å². The van der Waals surface area contributed by atoms with Gasteiger partial charge in [-0.1, -0.05) is 6.42 Å². The topological polar surface area (TPSA) is 160 Å². The number of aromatic amines is 1. The molecule has 5 atom stereocenters. The number of piperidine rings is 1. The Labute approximate surface area is 149 Å². The summed E-state index contributed by atoms with van der Waals surface area (Å²) in [7, 11) is 0. The second kappa shape index (κ2) is 6.67. The van der Waals surface area contributed by atoms with Crippen molar-refractivity contribution < 1.29 is 20.1 Å². The lowest BCUT2D eigenvalue weighted by molar-refractivity contribution is -0.0294. The van der Waals surface area contributed by atoms with Gasteiger partial charge in [0.1, 0.15) is 24.0 Å². The lowest BCUT2D eigenvalue weighted by Gasteiger charge is -2.40. The van der Waals surface area contributed by atoms with Gasteiger partial charge in [-0.3, -0.25) is 19.6 Å². The molecule has 144 valence electrons. The predicted molar refractivity (Wildman–Crippen MR) is 92.3 cm³/mol. The van der Waals surface area contributed by atoms with Crippen LogP contribution in [-0.4, -0.2) is 80.7 Å². The van der Waals surface area contributed by atoms with Crippen LogP contribution in [0.3, 0.4) is 0 Å². The fourth-order valence-electron chi connectivity index (χ4n) is 3.91. The Morgan fingerprint density at radius 1 is 1.23 bits per heavy atom. The second-order valence-corrected chi connectivity index (χ2v) is 6.90. The first-order chi connectivity index (χ1) is 12.5. The highest BCUT2D eigenvalue weighted by Crippen LogP contribution is 2.38. The van der Waals surface area contributed by atoms with E-state index in [1.165, 1.54) is 0 Å². The Morgan fingerprint density at radius 3 is 2.62 bits per heavy atom. The van der Waals surface area contributed by atoms with E-state index in [-0.39, 0.29) is 17.5 Å². The number of aromatic nitrogens is 2. The van der Waals surface area contributed by atoms with Crippen molar-refractivity contribution >= 4 is 17.5 Å². The molecule has 0 unspecified atom stereocenters. The molecule has 26 heavy (non-hydrogen) atoms. The fourth-order valence-corrected chi connectivity index (χ4v) is 3.91. The lowest BCUT2D eigenvalue weighted by Crippen LogP contribution is -2.58. The molecule has 0 radical (unpaired) electrons. The van der Waals surface area contributed by atoms with E-state index in [4.69, 9.17) is 10.5 Å². The first-order valence-electron chi connectivity index (χ1n) is 8.82. The number of fused-ring (bicyclic) bond motifs is 1. The number of aliphatic hydroxyl groups is 3. The average molecular weight is 368 g/mol. The number of aliphatic hydroxyl groups excluding tert-OH is 3. The first-order valence-corrected chi connectivity index (χ1v) is 8.82. The van der Waals surface area contributed by atoms with E-state index in [9.17, 15) is 20.1 Å². The molecule has 0 aromatic carbocycles. The van der Waals surface area contributed by atoms with Gasteiger partial charge in [0, 0.05) is 13.1 Å². The number of hydrogen-bond donors (Lipinski definition) is 6. The number of H-pyrrole nitrogens is 1. The third-order valence-corrected chi connectivity index (χ3v) is 5.23. The fraction of sp³-hybridized carbons (Fsp3) is 0.733. The van der Waals surface area contributed by atoms with Crippen LogP contribution in [0.25, 0.3) is 0 Å². The van der Waals surface area contributed by atoms with Crippen LogP contribution >= 0.6 is 0 Å². The van der Waals surface area contributed by atoms with Crippen molar-refractivity contribution in [1.82, 2.24) is 14.9 Å². The predicted octanol–water partition coefficient (Wildman–Crippen LogP) is -2.21. The van der Waals surface area contributed by atoms with E-state index in [0.29, 0.717) is 0 Å². The molecule has 0 saturated carbocycles. The van der Waals surface area contributed by atoms with Crippen molar-refractivity contribution in [3.8, 4) is 0 Å². The molecule has 0 amide bonds. The van der Waals surface area contributed by atoms with Crippen LogP contribution in [0, 0.1) is 0 Å². The van der Waals surface area contributed by atoms with Gasteiger partial charge in [0.05, 0.1) is 6.61 Å². The zero-order chi connectivity index (χ0) is 18.4. The molecule has 11 nitrogen and oxygen atoms in total. The number of hydrogen-bond acceptors (Lipinski definition) is 10. The minimum Gasteiger partial charge on any atom is -0.394 e. The molecule has 0 bridgehead atoms. The van der Waals surface area contributed by atoms with Crippen LogP contribution in [0.1, 0.15) is 19.3 Å². The standard InChI is InChI=1S/C15H24N6O5/c16-14-18-11-8(12(25)19-14)17-15(20-4-2-1-3-5-20)21(11)13-10(24)9(23)7(6-22)26-13/h7,9-10,13,15,17,22-24H,1-6H2,(H3,16,18,19,25)/t7-,9+,10-,13-,15-/m1/s1. The summed E-state index contributed by atoms with van der Waals surface area (Å²) in [6.45, 7) is 1.19. The van der Waals surface area contributed by atoms with E-state index in [1.54, 1.807) is 4.90 Å². The summed E-state index contributed by atoms with van der Waals surface area (Å²) in [6, 6.07) is 0. The molecule has 0 spiro atoms. The zero-order valence-electron chi connectivity index (χ0n) is 14.2. The van der Waals surface area contributed by atoms with Crippen molar-refractivity contribution in [2.45, 2.75) is 50.1 Å². The van der Waals surface area contributed by atoms with Crippen molar-refractivity contribution in [2.75, 3.05) is 35.6 Å². The highest BCUT2D eigenvalue weighted by molar-refractivity contribution is 5.72. The van der Waals surface area contributed by atoms with Gasteiger partial charge in [0.2, 0.25) is 5.95 Å². The minimum absolute atomic E-state index is 0.0495.